The molecule has 0 spiro atoms. The molecule has 0 aromatic heterocycles. The monoisotopic (exact) mass is 507 g/mol. The maximum Gasteiger partial charge on any atom is 0.287 e. The molecule has 0 bridgehead atoms. The summed E-state index contributed by atoms with van der Waals surface area (Å²) in [5.74, 6) is 0.189. The van der Waals surface area contributed by atoms with Crippen LogP contribution >= 0.6 is 15.9 Å². The molecule has 1 aliphatic heterocycles. The molecule has 33 heavy (non-hydrogen) atoms. The van der Waals surface area contributed by atoms with E-state index in [0.717, 1.165) is 0 Å². The van der Waals surface area contributed by atoms with Crippen molar-refractivity contribution in [1.29, 1.82) is 0 Å². The van der Waals surface area contributed by atoms with E-state index in [1.807, 2.05) is 0 Å². The molecule has 0 saturated carbocycles. The third-order valence-electron chi connectivity index (χ3n) is 4.59. The second-order valence-electron chi connectivity index (χ2n) is 6.90. The highest BCUT2D eigenvalue weighted by Crippen LogP contribution is 2.33. The summed E-state index contributed by atoms with van der Waals surface area (Å²) in [5.41, 5.74) is 4.08. The zero-order valence-corrected chi connectivity index (χ0v) is 18.7. The molecule has 1 aliphatic rings. The summed E-state index contributed by atoms with van der Waals surface area (Å²) in [5, 5.41) is 16.2. The molecule has 0 radical (unpaired) electrons. The Hall–Kier alpha value is -4.11. The highest BCUT2D eigenvalue weighted by atomic mass is 79.9. The molecule has 0 aliphatic carbocycles. The van der Waals surface area contributed by atoms with E-state index >= 15 is 0 Å². The van der Waals surface area contributed by atoms with Crippen molar-refractivity contribution in [3.8, 4) is 17.2 Å². The smallest absolute Gasteiger partial charge is 0.287 e. The lowest BCUT2D eigenvalue weighted by molar-refractivity contribution is -0.117. The van der Waals surface area contributed by atoms with Crippen LogP contribution in [0, 0.1) is 0 Å². The highest BCUT2D eigenvalue weighted by Gasteiger charge is 2.16. The van der Waals surface area contributed by atoms with Crippen molar-refractivity contribution in [1.82, 2.24) is 10.7 Å². The molecular weight excluding hydrogens is 490 g/mol. The summed E-state index contributed by atoms with van der Waals surface area (Å²) in [7, 11) is 0. The number of phenols is 1. The molecule has 3 aromatic rings. The molecule has 0 fully saturated rings. The van der Waals surface area contributed by atoms with Crippen LogP contribution in [-0.2, 0) is 4.79 Å². The maximum absolute atomic E-state index is 12.8. The molecule has 4 rings (SSSR count). The number of amides is 2. The van der Waals surface area contributed by atoms with Gasteiger partial charge in [-0.3, -0.25) is 9.59 Å². The predicted octanol–water partition coefficient (Wildman–Crippen LogP) is 3.80. The van der Waals surface area contributed by atoms with E-state index in [-0.39, 0.29) is 18.2 Å². The molecule has 0 saturated heterocycles. The third-order valence-corrected chi connectivity index (χ3v) is 5.22. The molecule has 8 nitrogen and oxygen atoms in total. The average Bonchev–Trinajstić information content (AvgIpc) is 3.29. The van der Waals surface area contributed by atoms with E-state index in [2.05, 4.69) is 31.8 Å². The second-order valence-corrected chi connectivity index (χ2v) is 7.76. The summed E-state index contributed by atoms with van der Waals surface area (Å²) in [6.45, 7) is 0.128. The molecule has 9 heteroatoms. The summed E-state index contributed by atoms with van der Waals surface area (Å²) < 4.78 is 11.2. The molecule has 0 unspecified atom stereocenters. The van der Waals surface area contributed by atoms with Gasteiger partial charge in [-0.2, -0.15) is 5.10 Å². The van der Waals surface area contributed by atoms with Gasteiger partial charge < -0.3 is 19.9 Å². The zero-order chi connectivity index (χ0) is 23.2. The van der Waals surface area contributed by atoms with Gasteiger partial charge in [-0.15, -0.1) is 0 Å². The third kappa shape index (κ3) is 5.58. The average molecular weight is 508 g/mol. The van der Waals surface area contributed by atoms with Gasteiger partial charge in [0.25, 0.3) is 11.8 Å². The van der Waals surface area contributed by atoms with E-state index in [4.69, 9.17) is 9.47 Å². The lowest BCUT2D eigenvalue weighted by atomic mass is 10.1. The van der Waals surface area contributed by atoms with Gasteiger partial charge in [-0.25, -0.2) is 5.43 Å². The van der Waals surface area contributed by atoms with Gasteiger partial charge in [0.05, 0.1) is 10.7 Å². The fourth-order valence-electron chi connectivity index (χ4n) is 2.94. The minimum Gasteiger partial charge on any atom is -0.507 e. The van der Waals surface area contributed by atoms with Crippen LogP contribution in [0.5, 0.6) is 17.2 Å². The van der Waals surface area contributed by atoms with Crippen molar-refractivity contribution in [3.63, 3.8) is 0 Å². The maximum atomic E-state index is 12.8. The van der Waals surface area contributed by atoms with E-state index in [9.17, 15) is 14.7 Å². The van der Waals surface area contributed by atoms with Crippen molar-refractivity contribution in [2.24, 2.45) is 5.10 Å². The zero-order valence-electron chi connectivity index (χ0n) is 17.1. The number of nitrogens with one attached hydrogen (secondary N) is 2. The SMILES string of the molecule is O=C(NN=Cc1ccc(O)c(Br)c1)/C(=C\c1ccc2c(c1)OCO2)NC(=O)c1ccccc1. The Morgan fingerprint density at radius 2 is 1.73 bits per heavy atom. The fraction of sp³-hybridized carbons (Fsp3) is 0.0417. The van der Waals surface area contributed by atoms with Crippen LogP contribution in [0.3, 0.4) is 0 Å². The number of phenolic OH excluding ortho intramolecular Hbond substituents is 1. The van der Waals surface area contributed by atoms with Crippen molar-refractivity contribution in [2.75, 3.05) is 6.79 Å². The number of hydrazone groups is 1. The fourth-order valence-corrected chi connectivity index (χ4v) is 3.34. The highest BCUT2D eigenvalue weighted by molar-refractivity contribution is 9.10. The molecule has 3 N–H and O–H groups in total. The van der Waals surface area contributed by atoms with Crippen LogP contribution in [0.15, 0.2) is 82.0 Å². The minimum atomic E-state index is -0.619. The van der Waals surface area contributed by atoms with E-state index < -0.39 is 11.8 Å². The number of halogens is 1. The number of carbonyl (C=O) groups excluding carboxylic acids is 2. The van der Waals surface area contributed by atoms with Crippen LogP contribution < -0.4 is 20.2 Å². The number of benzene rings is 3. The normalized spacial score (nSPS) is 12.6. The van der Waals surface area contributed by atoms with Gasteiger partial charge in [-0.1, -0.05) is 24.3 Å². The first-order valence-corrected chi connectivity index (χ1v) is 10.6. The van der Waals surface area contributed by atoms with E-state index in [1.165, 1.54) is 18.4 Å². The first-order valence-electron chi connectivity index (χ1n) is 9.79. The van der Waals surface area contributed by atoms with Crippen molar-refractivity contribution in [3.05, 3.63) is 93.6 Å². The van der Waals surface area contributed by atoms with Crippen molar-refractivity contribution >= 4 is 40.0 Å². The summed E-state index contributed by atoms with van der Waals surface area (Å²) in [4.78, 5) is 25.5. The predicted molar refractivity (Wildman–Crippen MR) is 126 cm³/mol. The first-order chi connectivity index (χ1) is 16.0. The number of hydrogen-bond donors (Lipinski definition) is 3. The molecule has 1 heterocycles. The largest absolute Gasteiger partial charge is 0.507 e. The van der Waals surface area contributed by atoms with Crippen LogP contribution in [-0.4, -0.2) is 29.9 Å². The first kappa shape index (κ1) is 22.1. The van der Waals surface area contributed by atoms with E-state index in [0.29, 0.717) is 32.7 Å². The van der Waals surface area contributed by atoms with Gasteiger partial charge in [0, 0.05) is 5.56 Å². The Bertz CT molecular complexity index is 1260. The molecule has 3 aromatic carbocycles. The Balaban J connectivity index is 1.55. The Morgan fingerprint density at radius 3 is 2.52 bits per heavy atom. The topological polar surface area (TPSA) is 109 Å². The number of aromatic hydroxyl groups is 1. The van der Waals surface area contributed by atoms with E-state index in [1.54, 1.807) is 60.7 Å². The van der Waals surface area contributed by atoms with Gasteiger partial charge >= 0.3 is 0 Å². The summed E-state index contributed by atoms with van der Waals surface area (Å²) in [6, 6.07) is 18.5. The van der Waals surface area contributed by atoms with Crippen molar-refractivity contribution in [2.45, 2.75) is 0 Å². The number of fused-ring (bicyclic) bond motifs is 1. The Labute approximate surface area is 197 Å². The summed E-state index contributed by atoms with van der Waals surface area (Å²) in [6.07, 6.45) is 2.93. The molecule has 2 amide bonds. The van der Waals surface area contributed by atoms with Gasteiger partial charge in [0.2, 0.25) is 6.79 Å². The second kappa shape index (κ2) is 10.0. The van der Waals surface area contributed by atoms with Gasteiger partial charge in [0.15, 0.2) is 11.5 Å². The van der Waals surface area contributed by atoms with Gasteiger partial charge in [-0.05, 0) is 75.6 Å². The van der Waals surface area contributed by atoms with Crippen LogP contribution in [0.4, 0.5) is 0 Å². The number of nitrogens with zero attached hydrogens (tertiary/aromatic N) is 1. The quantitative estimate of drug-likeness (QED) is 0.267. The number of ether oxygens (including phenoxy) is 2. The molecule has 0 atom stereocenters. The molecular formula is C24H18BrN3O5. The minimum absolute atomic E-state index is 0.00763. The van der Waals surface area contributed by atoms with Crippen LogP contribution in [0.1, 0.15) is 21.5 Å². The Kier molecular flexibility index (Phi) is 6.70. The van der Waals surface area contributed by atoms with Crippen molar-refractivity contribution < 1.29 is 24.2 Å². The Morgan fingerprint density at radius 1 is 0.970 bits per heavy atom. The lowest BCUT2D eigenvalue weighted by Crippen LogP contribution is -2.32. The standard InChI is InChI=1S/C24H18BrN3O5/c25-18-10-16(6-8-20(18)29)13-26-28-24(31)19(27-23(30)17-4-2-1-3-5-17)11-15-7-9-21-22(12-15)33-14-32-21/h1-13,29H,14H2,(H,27,30)(H,28,31)/b19-11+,26-13?. The molecule has 166 valence electrons. The van der Waals surface area contributed by atoms with Crippen LogP contribution in [0.25, 0.3) is 6.08 Å². The van der Waals surface area contributed by atoms with Gasteiger partial charge in [0.1, 0.15) is 11.4 Å². The number of hydrogen-bond acceptors (Lipinski definition) is 6. The lowest BCUT2D eigenvalue weighted by Gasteiger charge is -2.09. The number of carbonyl (C=O) groups is 2. The number of rotatable bonds is 6. The van der Waals surface area contributed by atoms with Crippen LogP contribution in [0.2, 0.25) is 0 Å². The summed E-state index contributed by atoms with van der Waals surface area (Å²) >= 11 is 3.22.